The highest BCUT2D eigenvalue weighted by molar-refractivity contribution is 6.16. The molecule has 0 unspecified atom stereocenters. The number of carbonyl (C=O) groups excluding carboxylic acids is 1. The molecule has 136 valence electrons. The van der Waals surface area contributed by atoms with Gasteiger partial charge in [-0.3, -0.25) is 9.78 Å². The largest absolute Gasteiger partial charge is 0.289 e. The van der Waals surface area contributed by atoms with Gasteiger partial charge in [0.25, 0.3) is 0 Å². The number of halogens is 1. The van der Waals surface area contributed by atoms with E-state index in [4.69, 9.17) is 0 Å². The molecular formula is C25H18FNO. The number of rotatable bonds is 4. The molecular weight excluding hydrogens is 349 g/mol. The molecule has 3 aromatic carbocycles. The van der Waals surface area contributed by atoms with Crippen molar-refractivity contribution in [2.45, 2.75) is 6.92 Å². The second-order valence-electron chi connectivity index (χ2n) is 6.58. The summed E-state index contributed by atoms with van der Waals surface area (Å²) >= 11 is 0. The topological polar surface area (TPSA) is 30.0 Å². The average Bonchev–Trinajstić information content (AvgIpc) is 2.72. The first-order valence-corrected chi connectivity index (χ1v) is 9.06. The van der Waals surface area contributed by atoms with Gasteiger partial charge in [0, 0.05) is 16.6 Å². The summed E-state index contributed by atoms with van der Waals surface area (Å²) in [4.78, 5) is 17.8. The van der Waals surface area contributed by atoms with Gasteiger partial charge in [0.15, 0.2) is 5.78 Å². The van der Waals surface area contributed by atoms with Crippen LogP contribution in [0.15, 0.2) is 84.9 Å². The zero-order chi connectivity index (χ0) is 19.5. The van der Waals surface area contributed by atoms with Crippen molar-refractivity contribution in [2.75, 3.05) is 0 Å². The molecule has 0 radical (unpaired) electrons. The van der Waals surface area contributed by atoms with Crippen LogP contribution in [0.3, 0.4) is 0 Å². The smallest absolute Gasteiger partial charge is 0.188 e. The number of carbonyl (C=O) groups is 1. The molecule has 0 bridgehead atoms. The van der Waals surface area contributed by atoms with Crippen molar-refractivity contribution in [3.05, 3.63) is 108 Å². The van der Waals surface area contributed by atoms with Crippen LogP contribution in [-0.4, -0.2) is 10.8 Å². The molecule has 0 N–H and O–H groups in total. The first-order chi connectivity index (χ1) is 13.6. The molecule has 3 heteroatoms. The summed E-state index contributed by atoms with van der Waals surface area (Å²) in [6.07, 6.45) is 3.23. The number of pyridine rings is 1. The molecule has 1 heterocycles. The van der Waals surface area contributed by atoms with Crippen LogP contribution in [0.1, 0.15) is 21.6 Å². The summed E-state index contributed by atoms with van der Waals surface area (Å²) in [6.45, 7) is 1.86. The molecule has 0 saturated heterocycles. The third-order valence-corrected chi connectivity index (χ3v) is 4.68. The van der Waals surface area contributed by atoms with E-state index in [0.717, 1.165) is 27.6 Å². The lowest BCUT2D eigenvalue weighted by Gasteiger charge is -2.14. The third-order valence-electron chi connectivity index (χ3n) is 4.68. The number of allylic oxidation sites excluding steroid dienone is 1. The summed E-state index contributed by atoms with van der Waals surface area (Å²) in [5.74, 6) is -0.427. The number of hydrogen-bond acceptors (Lipinski definition) is 2. The fraction of sp³-hybridized carbons (Fsp3) is 0.0400. The van der Waals surface area contributed by atoms with Crippen LogP contribution in [0.25, 0.3) is 28.1 Å². The van der Waals surface area contributed by atoms with E-state index in [1.54, 1.807) is 18.2 Å². The Morgan fingerprint density at radius 3 is 2.32 bits per heavy atom. The molecule has 0 amide bonds. The minimum absolute atomic E-state index is 0.126. The normalized spacial score (nSPS) is 11.2. The van der Waals surface area contributed by atoms with E-state index in [2.05, 4.69) is 4.98 Å². The van der Waals surface area contributed by atoms with Gasteiger partial charge in [-0.1, -0.05) is 66.7 Å². The Morgan fingerprint density at radius 2 is 1.57 bits per heavy atom. The predicted molar refractivity (Wildman–Crippen MR) is 112 cm³/mol. The van der Waals surface area contributed by atoms with Gasteiger partial charge in [0.1, 0.15) is 5.82 Å². The van der Waals surface area contributed by atoms with Crippen molar-refractivity contribution >= 4 is 22.8 Å². The van der Waals surface area contributed by atoms with Gasteiger partial charge in [0.05, 0.1) is 11.1 Å². The first-order valence-electron chi connectivity index (χ1n) is 9.06. The van der Waals surface area contributed by atoms with Crippen LogP contribution in [0.5, 0.6) is 0 Å². The Kier molecular flexibility index (Phi) is 4.81. The Hall–Kier alpha value is -3.59. The lowest BCUT2D eigenvalue weighted by molar-refractivity contribution is 0.104. The molecule has 0 aliphatic heterocycles. The summed E-state index contributed by atoms with van der Waals surface area (Å²) in [5.41, 5.74) is 4.76. The highest BCUT2D eigenvalue weighted by Crippen LogP contribution is 2.33. The first kappa shape index (κ1) is 17.8. The molecule has 0 spiro atoms. The summed E-state index contributed by atoms with van der Waals surface area (Å²) in [7, 11) is 0. The summed E-state index contributed by atoms with van der Waals surface area (Å²) < 4.78 is 13.1. The van der Waals surface area contributed by atoms with Gasteiger partial charge < -0.3 is 0 Å². The van der Waals surface area contributed by atoms with E-state index in [1.807, 2.05) is 61.5 Å². The maximum absolute atomic E-state index is 13.1. The van der Waals surface area contributed by atoms with E-state index in [9.17, 15) is 9.18 Å². The van der Waals surface area contributed by atoms with Gasteiger partial charge in [-0.15, -0.1) is 0 Å². The van der Waals surface area contributed by atoms with Crippen molar-refractivity contribution < 1.29 is 9.18 Å². The van der Waals surface area contributed by atoms with E-state index in [0.29, 0.717) is 11.3 Å². The number of nitrogens with zero attached hydrogens (tertiary/aromatic N) is 1. The molecule has 28 heavy (non-hydrogen) atoms. The number of para-hydroxylation sites is 1. The maximum Gasteiger partial charge on any atom is 0.188 e. The van der Waals surface area contributed by atoms with Crippen LogP contribution in [0, 0.1) is 12.7 Å². The van der Waals surface area contributed by atoms with Crippen LogP contribution < -0.4 is 0 Å². The number of aryl methyl sites for hydroxylation is 1. The highest BCUT2D eigenvalue weighted by atomic mass is 19.1. The van der Waals surface area contributed by atoms with Gasteiger partial charge in [-0.25, -0.2) is 4.39 Å². The van der Waals surface area contributed by atoms with Crippen molar-refractivity contribution in [1.82, 2.24) is 4.98 Å². The average molecular weight is 367 g/mol. The molecule has 4 aromatic rings. The van der Waals surface area contributed by atoms with Gasteiger partial charge >= 0.3 is 0 Å². The minimum atomic E-state index is -0.301. The zero-order valence-corrected chi connectivity index (χ0v) is 15.4. The van der Waals surface area contributed by atoms with Gasteiger partial charge in [-0.2, -0.15) is 0 Å². The monoisotopic (exact) mass is 367 g/mol. The number of aromatic nitrogens is 1. The molecule has 0 saturated carbocycles. The summed E-state index contributed by atoms with van der Waals surface area (Å²) in [6, 6.07) is 23.8. The van der Waals surface area contributed by atoms with Crippen molar-refractivity contribution in [3.8, 4) is 11.1 Å². The predicted octanol–water partition coefficient (Wildman–Crippen LogP) is 6.25. The Labute approximate surface area is 163 Å². The zero-order valence-electron chi connectivity index (χ0n) is 15.4. The number of fused-ring (bicyclic) bond motifs is 1. The van der Waals surface area contributed by atoms with Crippen molar-refractivity contribution in [1.29, 1.82) is 0 Å². The van der Waals surface area contributed by atoms with Crippen LogP contribution in [0.2, 0.25) is 0 Å². The van der Waals surface area contributed by atoms with E-state index < -0.39 is 0 Å². The second-order valence-corrected chi connectivity index (χ2v) is 6.58. The third kappa shape index (κ3) is 3.47. The fourth-order valence-corrected chi connectivity index (χ4v) is 3.37. The van der Waals surface area contributed by atoms with Gasteiger partial charge in [0.2, 0.25) is 0 Å². The SMILES string of the molecule is Cc1nc2ccccc2c(-c2ccccc2)c1C(=O)/C=C\c1ccc(F)cc1. The van der Waals surface area contributed by atoms with Crippen molar-refractivity contribution in [2.24, 2.45) is 0 Å². The standard InChI is InChI=1S/C25H18FNO/c1-17-24(23(28)16-13-18-11-14-20(26)15-12-18)25(19-7-3-2-4-8-19)21-9-5-6-10-22(21)27-17/h2-16H,1H3/b16-13-. The lowest BCUT2D eigenvalue weighted by Crippen LogP contribution is -2.05. The lowest BCUT2D eigenvalue weighted by atomic mass is 9.92. The van der Waals surface area contributed by atoms with E-state index >= 15 is 0 Å². The van der Waals surface area contributed by atoms with Crippen LogP contribution in [-0.2, 0) is 0 Å². The molecule has 0 aliphatic rings. The Bertz CT molecular complexity index is 1180. The quantitative estimate of drug-likeness (QED) is 0.315. The minimum Gasteiger partial charge on any atom is -0.289 e. The summed E-state index contributed by atoms with van der Waals surface area (Å²) in [5, 5.41) is 0.942. The van der Waals surface area contributed by atoms with E-state index in [-0.39, 0.29) is 11.6 Å². The van der Waals surface area contributed by atoms with Crippen LogP contribution >= 0.6 is 0 Å². The number of ketones is 1. The molecule has 0 aliphatic carbocycles. The van der Waals surface area contributed by atoms with Crippen LogP contribution in [0.4, 0.5) is 4.39 Å². The Morgan fingerprint density at radius 1 is 0.893 bits per heavy atom. The molecule has 0 fully saturated rings. The maximum atomic E-state index is 13.1. The molecule has 4 rings (SSSR count). The highest BCUT2D eigenvalue weighted by Gasteiger charge is 2.18. The Balaban J connectivity index is 1.87. The number of hydrogen-bond donors (Lipinski definition) is 0. The van der Waals surface area contributed by atoms with Crippen molar-refractivity contribution in [3.63, 3.8) is 0 Å². The van der Waals surface area contributed by atoms with E-state index in [1.165, 1.54) is 18.2 Å². The molecule has 2 nitrogen and oxygen atoms in total. The number of benzene rings is 3. The van der Waals surface area contributed by atoms with Gasteiger partial charge in [-0.05, 0) is 42.3 Å². The molecule has 1 aromatic heterocycles. The second kappa shape index (κ2) is 7.57. The fourth-order valence-electron chi connectivity index (χ4n) is 3.37. The molecule has 0 atom stereocenters.